The molecule has 13 nitrogen and oxygen atoms in total. The Hall–Kier alpha value is -3.70. The maximum absolute atomic E-state index is 13.0. The average molecular weight is 589 g/mol. The van der Waals surface area contributed by atoms with Crippen molar-refractivity contribution >= 4 is 28.9 Å². The number of piperidine rings is 1. The molecule has 1 saturated heterocycles. The van der Waals surface area contributed by atoms with Crippen molar-refractivity contribution in [1.82, 2.24) is 19.8 Å². The van der Waals surface area contributed by atoms with E-state index >= 15 is 0 Å². The molecule has 0 radical (unpaired) electrons. The number of carbonyl (C=O) groups excluding carboxylic acids is 3. The third-order valence-electron chi connectivity index (χ3n) is 6.05. The normalized spacial score (nSPS) is 15.3. The highest BCUT2D eigenvalue weighted by Gasteiger charge is 2.31. The van der Waals surface area contributed by atoms with Gasteiger partial charge in [0.15, 0.2) is 0 Å². The predicted molar refractivity (Wildman–Crippen MR) is 153 cm³/mol. The Bertz CT molecular complexity index is 1350. The Labute approximate surface area is 244 Å². The lowest BCUT2D eigenvalue weighted by Crippen LogP contribution is -2.44. The number of aromatic nitrogens is 2. The van der Waals surface area contributed by atoms with Crippen molar-refractivity contribution in [2.45, 2.75) is 45.3 Å². The minimum absolute atomic E-state index is 0.179. The van der Waals surface area contributed by atoms with E-state index in [1.54, 1.807) is 46.0 Å². The van der Waals surface area contributed by atoms with Crippen molar-refractivity contribution in [3.05, 3.63) is 34.2 Å². The molecular weight excluding hydrogens is 548 g/mol. The van der Waals surface area contributed by atoms with Crippen LogP contribution in [0.1, 0.15) is 45.2 Å². The summed E-state index contributed by atoms with van der Waals surface area (Å²) in [5, 5.41) is 4.92. The second kappa shape index (κ2) is 16.1. The molecule has 1 fully saturated rings. The van der Waals surface area contributed by atoms with Crippen LogP contribution >= 0.6 is 0 Å². The first-order valence-electron chi connectivity index (χ1n) is 13.9. The van der Waals surface area contributed by atoms with Crippen LogP contribution in [-0.2, 0) is 40.3 Å². The van der Waals surface area contributed by atoms with Gasteiger partial charge in [0.05, 0.1) is 62.8 Å². The van der Waals surface area contributed by atoms with Crippen LogP contribution in [0.4, 0.5) is 4.79 Å². The number of nitrogens with one attached hydrogen (secondary N) is 2. The lowest BCUT2D eigenvalue weighted by Gasteiger charge is -2.21. The molecule has 0 spiro atoms. The third kappa shape index (κ3) is 9.99. The molecule has 1 aliphatic heterocycles. The van der Waals surface area contributed by atoms with Gasteiger partial charge in [0, 0.05) is 20.0 Å². The summed E-state index contributed by atoms with van der Waals surface area (Å²) < 4.78 is 29.8. The number of benzene rings is 1. The number of alkyl carbamates (subject to hydrolysis) is 1. The molecule has 230 valence electrons. The molecule has 0 saturated carbocycles. The summed E-state index contributed by atoms with van der Waals surface area (Å²) in [6.07, 6.45) is -0.0209. The number of ether oxygens (including phenoxy) is 5. The number of rotatable bonds is 14. The average Bonchev–Trinajstić information content (AvgIpc) is 3.17. The first-order valence-corrected chi connectivity index (χ1v) is 13.9. The van der Waals surface area contributed by atoms with Crippen LogP contribution in [0.3, 0.4) is 0 Å². The lowest BCUT2D eigenvalue weighted by molar-refractivity contribution is -0.135. The van der Waals surface area contributed by atoms with E-state index in [1.807, 2.05) is 0 Å². The number of nitrogens with zero attached hydrogens (tertiary/aromatic N) is 2. The van der Waals surface area contributed by atoms with E-state index in [1.165, 1.54) is 9.13 Å². The monoisotopic (exact) mass is 588 g/mol. The molecule has 0 aliphatic carbocycles. The Morgan fingerprint density at radius 3 is 2.29 bits per heavy atom. The fraction of sp³-hybridized carbons (Fsp3) is 0.586. The number of aryl methyl sites for hydroxylation is 1. The van der Waals surface area contributed by atoms with Gasteiger partial charge in [0.25, 0.3) is 0 Å². The Morgan fingerprint density at radius 1 is 1.00 bits per heavy atom. The second-order valence-electron chi connectivity index (χ2n) is 10.5. The number of fused-ring (bicyclic) bond motifs is 1. The van der Waals surface area contributed by atoms with Gasteiger partial charge in [-0.2, -0.15) is 0 Å². The predicted octanol–water partition coefficient (Wildman–Crippen LogP) is 1.26. The van der Waals surface area contributed by atoms with Crippen molar-refractivity contribution in [1.29, 1.82) is 0 Å². The van der Waals surface area contributed by atoms with Crippen LogP contribution in [0, 0.1) is 11.8 Å². The van der Waals surface area contributed by atoms with Crippen molar-refractivity contribution in [2.24, 2.45) is 7.05 Å². The molecule has 42 heavy (non-hydrogen) atoms. The van der Waals surface area contributed by atoms with Gasteiger partial charge in [0.1, 0.15) is 18.2 Å². The van der Waals surface area contributed by atoms with Gasteiger partial charge in [-0.25, -0.2) is 9.59 Å². The molecule has 1 unspecified atom stereocenters. The number of carbonyl (C=O) groups is 3. The largest absolute Gasteiger partial charge is 0.444 e. The maximum Gasteiger partial charge on any atom is 0.407 e. The second-order valence-corrected chi connectivity index (χ2v) is 10.5. The number of imidazole rings is 1. The number of amides is 3. The number of para-hydroxylation sites is 1. The van der Waals surface area contributed by atoms with E-state index in [-0.39, 0.29) is 31.0 Å². The molecule has 2 heterocycles. The molecule has 2 aromatic rings. The van der Waals surface area contributed by atoms with E-state index in [0.717, 1.165) is 0 Å². The highest BCUT2D eigenvalue weighted by atomic mass is 16.6. The molecule has 1 aliphatic rings. The highest BCUT2D eigenvalue weighted by Crippen LogP contribution is 2.24. The summed E-state index contributed by atoms with van der Waals surface area (Å²) in [6, 6.07) is 4.60. The van der Waals surface area contributed by atoms with Crippen LogP contribution in [0.25, 0.3) is 11.0 Å². The van der Waals surface area contributed by atoms with Crippen molar-refractivity contribution in [3.63, 3.8) is 0 Å². The van der Waals surface area contributed by atoms with Crippen molar-refractivity contribution in [2.75, 3.05) is 59.4 Å². The van der Waals surface area contributed by atoms with Gasteiger partial charge in [-0.05, 0) is 39.3 Å². The quantitative estimate of drug-likeness (QED) is 0.189. The van der Waals surface area contributed by atoms with Crippen LogP contribution in [0.5, 0.6) is 0 Å². The molecule has 3 amide bonds. The lowest BCUT2D eigenvalue weighted by atomic mass is 10.1. The molecule has 1 aromatic heterocycles. The van der Waals surface area contributed by atoms with E-state index in [0.29, 0.717) is 69.4 Å². The van der Waals surface area contributed by atoms with E-state index in [2.05, 4.69) is 22.5 Å². The van der Waals surface area contributed by atoms with Gasteiger partial charge in [-0.3, -0.25) is 24.0 Å². The number of hydrogen-bond acceptors (Lipinski definition) is 9. The van der Waals surface area contributed by atoms with Crippen LogP contribution < -0.4 is 16.3 Å². The summed E-state index contributed by atoms with van der Waals surface area (Å²) in [5.41, 5.74) is 0.968. The van der Waals surface area contributed by atoms with Gasteiger partial charge in [0.2, 0.25) is 11.8 Å². The fourth-order valence-corrected chi connectivity index (χ4v) is 4.22. The van der Waals surface area contributed by atoms with E-state index in [4.69, 9.17) is 23.7 Å². The minimum atomic E-state index is -0.746. The first-order chi connectivity index (χ1) is 20.1. The van der Waals surface area contributed by atoms with Crippen LogP contribution in [-0.4, -0.2) is 92.0 Å². The number of imide groups is 1. The molecule has 1 aromatic carbocycles. The topological polar surface area (TPSA) is 148 Å². The van der Waals surface area contributed by atoms with E-state index in [9.17, 15) is 19.2 Å². The minimum Gasteiger partial charge on any atom is -0.444 e. The van der Waals surface area contributed by atoms with Gasteiger partial charge < -0.3 is 29.0 Å². The van der Waals surface area contributed by atoms with Crippen LogP contribution in [0.15, 0.2) is 23.0 Å². The van der Waals surface area contributed by atoms with Gasteiger partial charge in [-0.15, -0.1) is 0 Å². The van der Waals surface area contributed by atoms with Crippen molar-refractivity contribution in [3.8, 4) is 11.8 Å². The molecule has 2 N–H and O–H groups in total. The smallest absolute Gasteiger partial charge is 0.407 e. The summed E-state index contributed by atoms with van der Waals surface area (Å²) in [7, 11) is 1.63. The SMILES string of the molecule is Cn1c(=O)n(C2CCC(=O)NC2=O)c2cccc(C#CCOCCOCCOCCOCCNC(=O)OC(C)(C)C)c21. The Morgan fingerprint density at radius 2 is 1.64 bits per heavy atom. The van der Waals surface area contributed by atoms with Crippen LogP contribution in [0.2, 0.25) is 0 Å². The fourth-order valence-electron chi connectivity index (χ4n) is 4.22. The maximum atomic E-state index is 13.0. The zero-order valence-corrected chi connectivity index (χ0v) is 24.7. The molecule has 1 atom stereocenters. The number of hydrogen-bond donors (Lipinski definition) is 2. The molecule has 0 bridgehead atoms. The zero-order valence-electron chi connectivity index (χ0n) is 24.7. The first kappa shape index (κ1) is 32.8. The standard InChI is InChI=1S/C29H40N4O9/c1-29(2,3)42-27(36)30-12-14-39-16-18-41-20-19-40-17-15-38-13-6-8-21-7-5-9-22-25(21)32(4)28(37)33(22)23-10-11-24(34)31-26(23)35/h5,7,9,23H,10-20H2,1-4H3,(H,30,36)(H,31,34,35). The van der Waals surface area contributed by atoms with Gasteiger partial charge >= 0.3 is 11.8 Å². The summed E-state index contributed by atoms with van der Waals surface area (Å²) in [6.45, 7) is 8.70. The molecular formula is C29H40N4O9. The van der Waals surface area contributed by atoms with Gasteiger partial charge in [-0.1, -0.05) is 17.9 Å². The summed E-state index contributed by atoms with van der Waals surface area (Å²) in [5.74, 6) is 5.19. The zero-order chi connectivity index (χ0) is 30.5. The highest BCUT2D eigenvalue weighted by molar-refractivity contribution is 6.00. The summed E-state index contributed by atoms with van der Waals surface area (Å²) in [4.78, 5) is 48.4. The van der Waals surface area contributed by atoms with Crippen molar-refractivity contribution < 1.29 is 38.1 Å². The Balaban J connectivity index is 1.29. The van der Waals surface area contributed by atoms with E-state index < -0.39 is 23.6 Å². The third-order valence-corrected chi connectivity index (χ3v) is 6.05. The summed E-state index contributed by atoms with van der Waals surface area (Å²) >= 11 is 0. The molecule has 13 heteroatoms. The molecule has 3 rings (SSSR count). The Kier molecular flexibility index (Phi) is 12.6.